The van der Waals surface area contributed by atoms with Gasteiger partial charge < -0.3 is 9.64 Å². The standard InChI is InChI=1S/C8H11NO2/c1-8-4-3-7(10)9(8)5-2-6-11-8/h3-4H,2,5-6H2,1H3/t8-/m0/s1. The Bertz CT molecular complexity index is 224. The van der Waals surface area contributed by atoms with Crippen LogP contribution in [0.2, 0.25) is 0 Å². The molecule has 1 saturated heterocycles. The Morgan fingerprint density at radius 1 is 1.73 bits per heavy atom. The molecular formula is C8H11NO2. The minimum absolute atomic E-state index is 0.0761. The number of carbonyl (C=O) groups is 1. The molecule has 2 aliphatic rings. The minimum atomic E-state index is -0.435. The van der Waals surface area contributed by atoms with Crippen molar-refractivity contribution in [1.29, 1.82) is 0 Å². The summed E-state index contributed by atoms with van der Waals surface area (Å²) in [5.41, 5.74) is -0.435. The summed E-state index contributed by atoms with van der Waals surface area (Å²) in [6, 6.07) is 0. The molecule has 0 N–H and O–H groups in total. The van der Waals surface area contributed by atoms with E-state index in [1.54, 1.807) is 11.0 Å². The molecule has 0 aromatic heterocycles. The smallest absolute Gasteiger partial charge is 0.248 e. The Hall–Kier alpha value is -0.830. The van der Waals surface area contributed by atoms with E-state index in [0.717, 1.165) is 19.6 Å². The summed E-state index contributed by atoms with van der Waals surface area (Å²) in [5, 5.41) is 0. The largest absolute Gasteiger partial charge is 0.352 e. The van der Waals surface area contributed by atoms with Gasteiger partial charge in [0.25, 0.3) is 0 Å². The highest BCUT2D eigenvalue weighted by Crippen LogP contribution is 2.28. The average Bonchev–Trinajstić information content (AvgIpc) is 2.29. The predicted molar refractivity (Wildman–Crippen MR) is 39.8 cm³/mol. The highest BCUT2D eigenvalue weighted by atomic mass is 16.5. The second-order valence-electron chi connectivity index (χ2n) is 3.08. The normalized spacial score (nSPS) is 36.1. The molecule has 0 aromatic carbocycles. The zero-order chi connectivity index (χ0) is 7.90. The lowest BCUT2D eigenvalue weighted by atomic mass is 10.2. The summed E-state index contributed by atoms with van der Waals surface area (Å²) in [6.45, 7) is 3.50. The molecule has 60 valence electrons. The van der Waals surface area contributed by atoms with Crippen molar-refractivity contribution in [2.24, 2.45) is 0 Å². The average molecular weight is 153 g/mol. The predicted octanol–water partition coefficient (Wildman–Crippen LogP) is 0.521. The number of hydrogen-bond donors (Lipinski definition) is 0. The Kier molecular flexibility index (Phi) is 1.29. The lowest BCUT2D eigenvalue weighted by molar-refractivity contribution is -0.160. The van der Waals surface area contributed by atoms with Crippen molar-refractivity contribution in [2.75, 3.05) is 13.2 Å². The molecule has 1 atom stereocenters. The zero-order valence-corrected chi connectivity index (χ0v) is 6.54. The van der Waals surface area contributed by atoms with Crippen molar-refractivity contribution in [3.05, 3.63) is 12.2 Å². The van der Waals surface area contributed by atoms with Crippen molar-refractivity contribution in [3.8, 4) is 0 Å². The van der Waals surface area contributed by atoms with Gasteiger partial charge in [0.1, 0.15) is 0 Å². The molecule has 1 amide bonds. The molecule has 0 spiro atoms. The Morgan fingerprint density at radius 3 is 3.27 bits per heavy atom. The van der Waals surface area contributed by atoms with E-state index >= 15 is 0 Å². The van der Waals surface area contributed by atoms with Crippen LogP contribution in [-0.4, -0.2) is 29.7 Å². The molecule has 0 saturated carbocycles. The van der Waals surface area contributed by atoms with Gasteiger partial charge in [-0.05, 0) is 19.4 Å². The van der Waals surface area contributed by atoms with Gasteiger partial charge in [0, 0.05) is 12.6 Å². The van der Waals surface area contributed by atoms with E-state index in [1.807, 2.05) is 13.0 Å². The maximum atomic E-state index is 11.2. The first-order chi connectivity index (χ1) is 5.22. The van der Waals surface area contributed by atoms with Gasteiger partial charge >= 0.3 is 0 Å². The van der Waals surface area contributed by atoms with Crippen molar-refractivity contribution < 1.29 is 9.53 Å². The first-order valence-corrected chi connectivity index (χ1v) is 3.87. The van der Waals surface area contributed by atoms with Crippen LogP contribution in [-0.2, 0) is 9.53 Å². The van der Waals surface area contributed by atoms with Crippen LogP contribution in [0.5, 0.6) is 0 Å². The molecule has 3 heteroatoms. The van der Waals surface area contributed by atoms with Gasteiger partial charge in [-0.1, -0.05) is 0 Å². The van der Waals surface area contributed by atoms with E-state index in [1.165, 1.54) is 0 Å². The number of hydrogen-bond acceptors (Lipinski definition) is 2. The highest BCUT2D eigenvalue weighted by Gasteiger charge is 2.39. The highest BCUT2D eigenvalue weighted by molar-refractivity contribution is 5.91. The van der Waals surface area contributed by atoms with E-state index in [0.29, 0.717) is 0 Å². The summed E-state index contributed by atoms with van der Waals surface area (Å²) < 4.78 is 5.48. The monoisotopic (exact) mass is 153 g/mol. The summed E-state index contributed by atoms with van der Waals surface area (Å²) in [6.07, 6.45) is 4.36. The first kappa shape index (κ1) is 6.85. The molecule has 2 aliphatic heterocycles. The lowest BCUT2D eigenvalue weighted by Gasteiger charge is -2.38. The van der Waals surface area contributed by atoms with E-state index < -0.39 is 5.72 Å². The van der Waals surface area contributed by atoms with Gasteiger partial charge in [0.15, 0.2) is 5.72 Å². The van der Waals surface area contributed by atoms with E-state index in [9.17, 15) is 4.79 Å². The molecule has 2 heterocycles. The van der Waals surface area contributed by atoms with Gasteiger partial charge in [0.2, 0.25) is 5.91 Å². The number of fused-ring (bicyclic) bond motifs is 1. The third kappa shape index (κ3) is 0.878. The van der Waals surface area contributed by atoms with Crippen LogP contribution >= 0.6 is 0 Å². The minimum Gasteiger partial charge on any atom is -0.352 e. The number of nitrogens with zero attached hydrogens (tertiary/aromatic N) is 1. The number of amides is 1. The van der Waals surface area contributed by atoms with Crippen LogP contribution in [0.1, 0.15) is 13.3 Å². The van der Waals surface area contributed by atoms with Gasteiger partial charge in [0.05, 0.1) is 6.61 Å². The van der Waals surface area contributed by atoms with Crippen molar-refractivity contribution in [3.63, 3.8) is 0 Å². The summed E-state index contributed by atoms with van der Waals surface area (Å²) in [4.78, 5) is 12.9. The molecular weight excluding hydrogens is 142 g/mol. The molecule has 0 radical (unpaired) electrons. The lowest BCUT2D eigenvalue weighted by Crippen LogP contribution is -2.50. The summed E-state index contributed by atoms with van der Waals surface area (Å²) in [7, 11) is 0. The van der Waals surface area contributed by atoms with Crippen molar-refractivity contribution in [2.45, 2.75) is 19.1 Å². The Morgan fingerprint density at radius 2 is 2.55 bits per heavy atom. The fraction of sp³-hybridized carbons (Fsp3) is 0.625. The number of carbonyl (C=O) groups excluding carboxylic acids is 1. The molecule has 0 bridgehead atoms. The van der Waals surface area contributed by atoms with Crippen LogP contribution in [0, 0.1) is 0 Å². The maximum absolute atomic E-state index is 11.2. The third-order valence-electron chi connectivity index (χ3n) is 2.26. The van der Waals surface area contributed by atoms with Crippen molar-refractivity contribution >= 4 is 5.91 Å². The third-order valence-corrected chi connectivity index (χ3v) is 2.26. The van der Waals surface area contributed by atoms with Gasteiger partial charge in [-0.2, -0.15) is 0 Å². The fourth-order valence-electron chi connectivity index (χ4n) is 1.58. The van der Waals surface area contributed by atoms with E-state index in [2.05, 4.69) is 0 Å². The maximum Gasteiger partial charge on any atom is 0.248 e. The Balaban J connectivity index is 2.27. The molecule has 0 unspecified atom stereocenters. The first-order valence-electron chi connectivity index (χ1n) is 3.87. The quantitative estimate of drug-likeness (QED) is 0.507. The van der Waals surface area contributed by atoms with Crippen LogP contribution in [0.15, 0.2) is 12.2 Å². The zero-order valence-electron chi connectivity index (χ0n) is 6.54. The van der Waals surface area contributed by atoms with Crippen LogP contribution in [0.4, 0.5) is 0 Å². The second-order valence-corrected chi connectivity index (χ2v) is 3.08. The van der Waals surface area contributed by atoms with Crippen LogP contribution in [0.25, 0.3) is 0 Å². The van der Waals surface area contributed by atoms with Gasteiger partial charge in [-0.3, -0.25) is 4.79 Å². The number of ether oxygens (including phenoxy) is 1. The molecule has 1 fully saturated rings. The molecule has 0 aromatic rings. The SMILES string of the molecule is C[C@]12C=CC(=O)N1CCCO2. The van der Waals surface area contributed by atoms with Crippen LogP contribution in [0.3, 0.4) is 0 Å². The number of rotatable bonds is 0. The van der Waals surface area contributed by atoms with Crippen molar-refractivity contribution in [1.82, 2.24) is 4.90 Å². The van der Waals surface area contributed by atoms with E-state index in [-0.39, 0.29) is 5.91 Å². The molecule has 11 heavy (non-hydrogen) atoms. The van der Waals surface area contributed by atoms with Gasteiger partial charge in [-0.25, -0.2) is 0 Å². The van der Waals surface area contributed by atoms with Crippen LogP contribution < -0.4 is 0 Å². The second kappa shape index (κ2) is 2.08. The molecule has 0 aliphatic carbocycles. The topological polar surface area (TPSA) is 29.5 Å². The summed E-state index contributed by atoms with van der Waals surface area (Å²) in [5.74, 6) is 0.0761. The molecule has 2 rings (SSSR count). The van der Waals surface area contributed by atoms with E-state index in [4.69, 9.17) is 4.74 Å². The summed E-state index contributed by atoms with van der Waals surface area (Å²) >= 11 is 0. The van der Waals surface area contributed by atoms with Gasteiger partial charge in [-0.15, -0.1) is 0 Å². The Labute approximate surface area is 65.6 Å². The fourth-order valence-corrected chi connectivity index (χ4v) is 1.58. The molecule has 3 nitrogen and oxygen atoms in total.